The van der Waals surface area contributed by atoms with Gasteiger partial charge in [-0.25, -0.2) is 4.79 Å². The number of hydrogen-bond donors (Lipinski definition) is 1. The van der Waals surface area contributed by atoms with E-state index in [1.54, 1.807) is 12.1 Å². The maximum atomic E-state index is 13.0. The molecule has 0 radical (unpaired) electrons. The minimum absolute atomic E-state index is 0.0565. The highest BCUT2D eigenvalue weighted by molar-refractivity contribution is 5.91. The van der Waals surface area contributed by atoms with Crippen molar-refractivity contribution in [2.75, 3.05) is 6.54 Å². The van der Waals surface area contributed by atoms with Crippen molar-refractivity contribution in [1.29, 1.82) is 0 Å². The number of aromatic nitrogens is 3. The van der Waals surface area contributed by atoms with Crippen LogP contribution in [-0.4, -0.2) is 26.8 Å². The Balaban J connectivity index is 2.17. The van der Waals surface area contributed by atoms with Crippen molar-refractivity contribution in [3.8, 4) is 5.69 Å². The fourth-order valence-electron chi connectivity index (χ4n) is 2.74. The van der Waals surface area contributed by atoms with Gasteiger partial charge in [-0.1, -0.05) is 55.0 Å². The number of carbonyl (C=O) groups is 1. The standard InChI is InChI=1S/C21H22N4O3/c1-3-13-22-19(26)18-20(27)24(14-16-7-5-4-6-8-16)21(28)25(23-18)17-11-9-15(2)10-12-17/h4-12H,3,13-14H2,1-2H3,(H,22,26). The van der Waals surface area contributed by atoms with Crippen LogP contribution in [0.15, 0.2) is 64.2 Å². The lowest BCUT2D eigenvalue weighted by atomic mass is 10.2. The molecule has 0 unspecified atom stereocenters. The maximum absolute atomic E-state index is 13.0. The molecule has 0 aliphatic heterocycles. The molecule has 0 saturated heterocycles. The highest BCUT2D eigenvalue weighted by Crippen LogP contribution is 2.06. The summed E-state index contributed by atoms with van der Waals surface area (Å²) in [6.45, 7) is 4.32. The van der Waals surface area contributed by atoms with Crippen LogP contribution in [0.2, 0.25) is 0 Å². The minimum atomic E-state index is -0.703. The Hall–Kier alpha value is -3.48. The molecule has 0 atom stereocenters. The van der Waals surface area contributed by atoms with Crippen LogP contribution in [-0.2, 0) is 6.54 Å². The molecule has 7 nitrogen and oxygen atoms in total. The molecule has 144 valence electrons. The van der Waals surface area contributed by atoms with Gasteiger partial charge in [-0.15, -0.1) is 0 Å². The number of aryl methyl sites for hydroxylation is 1. The zero-order valence-corrected chi connectivity index (χ0v) is 15.9. The third-order valence-electron chi connectivity index (χ3n) is 4.27. The summed E-state index contributed by atoms with van der Waals surface area (Å²) in [4.78, 5) is 38.3. The van der Waals surface area contributed by atoms with E-state index in [-0.39, 0.29) is 12.2 Å². The summed E-state index contributed by atoms with van der Waals surface area (Å²) in [6, 6.07) is 16.3. The Morgan fingerprint density at radius 2 is 1.71 bits per heavy atom. The van der Waals surface area contributed by atoms with Crippen LogP contribution in [0.25, 0.3) is 5.69 Å². The zero-order valence-electron chi connectivity index (χ0n) is 15.9. The molecule has 1 aromatic heterocycles. The number of hydrogen-bond acceptors (Lipinski definition) is 4. The van der Waals surface area contributed by atoms with Gasteiger partial charge in [0.2, 0.25) is 5.69 Å². The van der Waals surface area contributed by atoms with Crippen LogP contribution in [0.3, 0.4) is 0 Å². The summed E-state index contributed by atoms with van der Waals surface area (Å²) < 4.78 is 2.15. The van der Waals surface area contributed by atoms with E-state index in [4.69, 9.17) is 0 Å². The summed E-state index contributed by atoms with van der Waals surface area (Å²) in [5, 5.41) is 6.74. The molecule has 1 amide bonds. The number of nitrogens with one attached hydrogen (secondary N) is 1. The number of amides is 1. The second kappa shape index (κ2) is 8.47. The molecular formula is C21H22N4O3. The van der Waals surface area contributed by atoms with Crippen LogP contribution < -0.4 is 16.6 Å². The fourth-order valence-corrected chi connectivity index (χ4v) is 2.74. The van der Waals surface area contributed by atoms with Crippen molar-refractivity contribution in [3.63, 3.8) is 0 Å². The molecule has 0 saturated carbocycles. The van der Waals surface area contributed by atoms with E-state index in [0.717, 1.165) is 26.8 Å². The van der Waals surface area contributed by atoms with E-state index in [9.17, 15) is 14.4 Å². The van der Waals surface area contributed by atoms with Crippen molar-refractivity contribution in [2.24, 2.45) is 0 Å². The summed E-state index contributed by atoms with van der Waals surface area (Å²) in [7, 11) is 0. The van der Waals surface area contributed by atoms with Gasteiger partial charge in [0.1, 0.15) is 0 Å². The average molecular weight is 378 g/mol. The largest absolute Gasteiger partial charge is 0.352 e. The van der Waals surface area contributed by atoms with Gasteiger partial charge in [0, 0.05) is 6.54 Å². The molecule has 0 aliphatic rings. The van der Waals surface area contributed by atoms with Crippen molar-refractivity contribution in [3.05, 3.63) is 92.3 Å². The molecule has 3 rings (SSSR count). The van der Waals surface area contributed by atoms with Gasteiger partial charge in [-0.2, -0.15) is 9.78 Å². The Labute approximate surface area is 162 Å². The predicted molar refractivity (Wildman–Crippen MR) is 107 cm³/mol. The Morgan fingerprint density at radius 3 is 2.36 bits per heavy atom. The van der Waals surface area contributed by atoms with Crippen molar-refractivity contribution in [2.45, 2.75) is 26.8 Å². The summed E-state index contributed by atoms with van der Waals surface area (Å²) in [5.74, 6) is -0.588. The number of nitrogens with zero attached hydrogens (tertiary/aromatic N) is 3. The fraction of sp³-hybridized carbons (Fsp3) is 0.238. The molecule has 28 heavy (non-hydrogen) atoms. The van der Waals surface area contributed by atoms with Crippen molar-refractivity contribution >= 4 is 5.91 Å². The maximum Gasteiger partial charge on any atom is 0.352 e. The molecule has 0 fully saturated rings. The lowest BCUT2D eigenvalue weighted by molar-refractivity contribution is 0.0944. The first-order valence-electron chi connectivity index (χ1n) is 9.14. The molecule has 0 spiro atoms. The van der Waals surface area contributed by atoms with Gasteiger partial charge < -0.3 is 5.32 Å². The van der Waals surface area contributed by atoms with Gasteiger partial charge in [-0.05, 0) is 31.0 Å². The second-order valence-corrected chi connectivity index (χ2v) is 6.51. The SMILES string of the molecule is CCCNC(=O)c1nn(-c2ccc(C)cc2)c(=O)n(Cc2ccccc2)c1=O. The second-order valence-electron chi connectivity index (χ2n) is 6.51. The third-order valence-corrected chi connectivity index (χ3v) is 4.27. The van der Waals surface area contributed by atoms with Gasteiger partial charge in [-0.3, -0.25) is 14.2 Å². The van der Waals surface area contributed by atoms with Crippen LogP contribution >= 0.6 is 0 Å². The molecule has 7 heteroatoms. The summed E-state index contributed by atoms with van der Waals surface area (Å²) in [6.07, 6.45) is 0.724. The zero-order chi connectivity index (χ0) is 20.1. The lowest BCUT2D eigenvalue weighted by Gasteiger charge is -2.12. The van der Waals surface area contributed by atoms with Crippen molar-refractivity contribution < 1.29 is 4.79 Å². The minimum Gasteiger partial charge on any atom is -0.350 e. The number of carbonyl (C=O) groups excluding carboxylic acids is 1. The van der Waals surface area contributed by atoms with Crippen LogP contribution in [0, 0.1) is 6.92 Å². The quantitative estimate of drug-likeness (QED) is 0.710. The monoisotopic (exact) mass is 378 g/mol. The van der Waals surface area contributed by atoms with Gasteiger partial charge in [0.25, 0.3) is 11.5 Å². The van der Waals surface area contributed by atoms with Crippen molar-refractivity contribution in [1.82, 2.24) is 19.7 Å². The van der Waals surface area contributed by atoms with Crippen LogP contribution in [0.1, 0.15) is 35.0 Å². The van der Waals surface area contributed by atoms with E-state index >= 15 is 0 Å². The van der Waals surface area contributed by atoms with Gasteiger partial charge >= 0.3 is 5.69 Å². The van der Waals surface area contributed by atoms with E-state index in [1.165, 1.54) is 0 Å². The molecule has 1 N–H and O–H groups in total. The first kappa shape index (κ1) is 19.3. The summed E-state index contributed by atoms with van der Waals surface area (Å²) >= 11 is 0. The first-order chi connectivity index (χ1) is 13.5. The smallest absolute Gasteiger partial charge is 0.350 e. The molecule has 0 aliphatic carbocycles. The van der Waals surface area contributed by atoms with E-state index in [2.05, 4.69) is 10.4 Å². The molecule has 0 bridgehead atoms. The normalized spacial score (nSPS) is 10.6. The van der Waals surface area contributed by atoms with E-state index in [1.807, 2.05) is 56.3 Å². The summed E-state index contributed by atoms with van der Waals surface area (Å²) in [5.41, 5.74) is 0.695. The Bertz CT molecular complexity index is 1080. The van der Waals surface area contributed by atoms with Gasteiger partial charge in [0.05, 0.1) is 12.2 Å². The Kier molecular flexibility index (Phi) is 5.84. The molecular weight excluding hydrogens is 356 g/mol. The topological polar surface area (TPSA) is 86.0 Å². The van der Waals surface area contributed by atoms with E-state index in [0.29, 0.717) is 12.2 Å². The number of rotatable bonds is 6. The lowest BCUT2D eigenvalue weighted by Crippen LogP contribution is -2.46. The third kappa shape index (κ3) is 4.09. The van der Waals surface area contributed by atoms with E-state index < -0.39 is 17.2 Å². The predicted octanol–water partition coefficient (Wildman–Crippen LogP) is 1.89. The first-order valence-corrected chi connectivity index (χ1v) is 9.14. The highest BCUT2D eigenvalue weighted by atomic mass is 16.2. The Morgan fingerprint density at radius 1 is 1.04 bits per heavy atom. The molecule has 1 heterocycles. The van der Waals surface area contributed by atoms with Gasteiger partial charge in [0.15, 0.2) is 0 Å². The highest BCUT2D eigenvalue weighted by Gasteiger charge is 2.20. The molecule has 2 aromatic carbocycles. The number of benzene rings is 2. The average Bonchev–Trinajstić information content (AvgIpc) is 2.71. The van der Waals surface area contributed by atoms with Crippen LogP contribution in [0.5, 0.6) is 0 Å². The van der Waals surface area contributed by atoms with Crippen LogP contribution in [0.4, 0.5) is 0 Å². The molecule has 3 aromatic rings.